The number of benzene rings is 2. The molecule has 9 nitrogen and oxygen atoms in total. The van der Waals surface area contributed by atoms with Gasteiger partial charge < -0.3 is 24.3 Å². The van der Waals surface area contributed by atoms with Crippen molar-refractivity contribution in [2.45, 2.75) is 19.4 Å². The Balaban J connectivity index is 1.56. The van der Waals surface area contributed by atoms with Crippen LogP contribution in [0.4, 0.5) is 5.13 Å². The fraction of sp³-hybridized carbons (Fsp3) is 0.292. The highest BCUT2D eigenvalue weighted by Crippen LogP contribution is 2.39. The van der Waals surface area contributed by atoms with Crippen molar-refractivity contribution in [2.75, 3.05) is 33.3 Å². The minimum Gasteiger partial charge on any atom is -0.493 e. The SMILES string of the molecule is COc1cc(C(=O)Nc2nc(-c3ccc4c(c3)C(NC(C)=O)CCO4)cs2)cc(OC)c1OC. The molecule has 0 radical (unpaired) electrons. The van der Waals surface area contributed by atoms with Gasteiger partial charge in [0.05, 0.1) is 39.7 Å². The van der Waals surface area contributed by atoms with Crippen LogP contribution in [-0.2, 0) is 4.79 Å². The fourth-order valence-corrected chi connectivity index (χ4v) is 4.51. The normalized spacial score (nSPS) is 14.4. The number of aromatic nitrogens is 1. The first-order valence-corrected chi connectivity index (χ1v) is 11.4. The maximum absolute atomic E-state index is 12.9. The van der Waals surface area contributed by atoms with Gasteiger partial charge in [0.25, 0.3) is 5.91 Å². The Labute approximate surface area is 201 Å². The van der Waals surface area contributed by atoms with E-state index in [0.717, 1.165) is 16.9 Å². The minimum atomic E-state index is -0.357. The molecule has 4 rings (SSSR count). The second-order valence-electron chi connectivity index (χ2n) is 7.55. The highest BCUT2D eigenvalue weighted by molar-refractivity contribution is 7.14. The van der Waals surface area contributed by atoms with Crippen LogP contribution in [-0.4, -0.2) is 44.7 Å². The molecule has 178 valence electrons. The largest absolute Gasteiger partial charge is 0.493 e. The Morgan fingerprint density at radius 2 is 1.82 bits per heavy atom. The average molecular weight is 484 g/mol. The van der Waals surface area contributed by atoms with E-state index >= 15 is 0 Å². The zero-order valence-electron chi connectivity index (χ0n) is 19.3. The highest BCUT2D eigenvalue weighted by atomic mass is 32.1. The molecule has 1 aliphatic heterocycles. The Kier molecular flexibility index (Phi) is 6.87. The molecule has 1 unspecified atom stereocenters. The number of amides is 2. The van der Waals surface area contributed by atoms with Crippen LogP contribution in [0, 0.1) is 0 Å². The van der Waals surface area contributed by atoms with Gasteiger partial charge in [0, 0.05) is 35.4 Å². The summed E-state index contributed by atoms with van der Waals surface area (Å²) in [5.41, 5.74) is 2.83. The number of nitrogens with one attached hydrogen (secondary N) is 2. The van der Waals surface area contributed by atoms with Crippen molar-refractivity contribution in [2.24, 2.45) is 0 Å². The summed E-state index contributed by atoms with van der Waals surface area (Å²) in [6.07, 6.45) is 0.698. The molecule has 10 heteroatoms. The van der Waals surface area contributed by atoms with Gasteiger partial charge in [-0.15, -0.1) is 11.3 Å². The van der Waals surface area contributed by atoms with Crippen molar-refractivity contribution in [3.8, 4) is 34.3 Å². The first kappa shape index (κ1) is 23.4. The molecule has 0 fully saturated rings. The summed E-state index contributed by atoms with van der Waals surface area (Å²) in [6.45, 7) is 2.05. The van der Waals surface area contributed by atoms with E-state index in [0.29, 0.717) is 46.7 Å². The summed E-state index contributed by atoms with van der Waals surface area (Å²) in [7, 11) is 4.49. The van der Waals surface area contributed by atoms with E-state index in [1.165, 1.54) is 39.6 Å². The lowest BCUT2D eigenvalue weighted by Crippen LogP contribution is -2.30. The molecule has 0 bridgehead atoms. The predicted molar refractivity (Wildman–Crippen MR) is 128 cm³/mol. The molecule has 2 amide bonds. The number of carbonyl (C=O) groups is 2. The fourth-order valence-electron chi connectivity index (χ4n) is 3.79. The van der Waals surface area contributed by atoms with Gasteiger partial charge in [-0.25, -0.2) is 4.98 Å². The lowest BCUT2D eigenvalue weighted by atomic mass is 9.97. The van der Waals surface area contributed by atoms with Crippen LogP contribution in [0.2, 0.25) is 0 Å². The summed E-state index contributed by atoms with van der Waals surface area (Å²) in [6, 6.07) is 8.81. The monoisotopic (exact) mass is 483 g/mol. The number of methoxy groups -OCH3 is 3. The number of carbonyl (C=O) groups excluding carboxylic acids is 2. The molecule has 34 heavy (non-hydrogen) atoms. The summed E-state index contributed by atoms with van der Waals surface area (Å²) >= 11 is 1.31. The predicted octanol–water partition coefficient (Wildman–Crippen LogP) is 4.05. The van der Waals surface area contributed by atoms with E-state index in [1.54, 1.807) is 12.1 Å². The summed E-state index contributed by atoms with van der Waals surface area (Å²) in [5.74, 6) is 1.49. The zero-order valence-corrected chi connectivity index (χ0v) is 20.1. The number of thiazole rings is 1. The van der Waals surface area contributed by atoms with Gasteiger partial charge in [-0.1, -0.05) is 0 Å². The van der Waals surface area contributed by atoms with E-state index in [2.05, 4.69) is 15.6 Å². The van der Waals surface area contributed by atoms with Gasteiger partial charge >= 0.3 is 0 Å². The standard InChI is InChI=1S/C24H25N3O6S/c1-13(28)25-17-7-8-33-19-6-5-14(9-16(17)19)18-12-34-24(26-18)27-23(29)15-10-20(30-2)22(32-4)21(11-15)31-3/h5-6,9-12,17H,7-8H2,1-4H3,(H,25,28)(H,26,27,29). The van der Waals surface area contributed by atoms with Crippen molar-refractivity contribution < 1.29 is 28.5 Å². The third-order valence-electron chi connectivity index (χ3n) is 5.37. The molecule has 1 aromatic heterocycles. The first-order chi connectivity index (χ1) is 16.4. The molecule has 0 spiro atoms. The van der Waals surface area contributed by atoms with Crippen molar-refractivity contribution in [1.29, 1.82) is 0 Å². The Morgan fingerprint density at radius 3 is 2.47 bits per heavy atom. The minimum absolute atomic E-state index is 0.0892. The summed E-state index contributed by atoms with van der Waals surface area (Å²) in [5, 5.41) is 8.10. The third kappa shape index (κ3) is 4.76. The summed E-state index contributed by atoms with van der Waals surface area (Å²) < 4.78 is 21.7. The van der Waals surface area contributed by atoms with Crippen LogP contribution < -0.4 is 29.6 Å². The Morgan fingerprint density at radius 1 is 1.09 bits per heavy atom. The van der Waals surface area contributed by atoms with Crippen molar-refractivity contribution in [3.63, 3.8) is 0 Å². The number of anilines is 1. The van der Waals surface area contributed by atoms with E-state index < -0.39 is 0 Å². The average Bonchev–Trinajstić information content (AvgIpc) is 3.31. The molecular weight excluding hydrogens is 458 g/mol. The van der Waals surface area contributed by atoms with Gasteiger partial charge in [0.1, 0.15) is 5.75 Å². The number of hydrogen-bond donors (Lipinski definition) is 2. The molecule has 2 aromatic carbocycles. The molecule has 3 aromatic rings. The molecule has 0 saturated heterocycles. The van der Waals surface area contributed by atoms with Gasteiger partial charge in [-0.05, 0) is 30.3 Å². The second kappa shape index (κ2) is 10.0. The maximum atomic E-state index is 12.9. The number of ether oxygens (including phenoxy) is 4. The molecule has 1 atom stereocenters. The van der Waals surface area contributed by atoms with E-state index in [4.69, 9.17) is 18.9 Å². The first-order valence-electron chi connectivity index (χ1n) is 10.5. The number of fused-ring (bicyclic) bond motifs is 1. The van der Waals surface area contributed by atoms with Crippen LogP contribution in [0.15, 0.2) is 35.7 Å². The van der Waals surface area contributed by atoms with Gasteiger partial charge in [-0.2, -0.15) is 0 Å². The van der Waals surface area contributed by atoms with E-state index in [-0.39, 0.29) is 17.9 Å². The molecule has 1 aliphatic rings. The van der Waals surface area contributed by atoms with Crippen molar-refractivity contribution in [1.82, 2.24) is 10.3 Å². The Hall–Kier alpha value is -3.79. The highest BCUT2D eigenvalue weighted by Gasteiger charge is 2.23. The van der Waals surface area contributed by atoms with Crippen molar-refractivity contribution in [3.05, 3.63) is 46.8 Å². The van der Waals surface area contributed by atoms with E-state index in [1.807, 2.05) is 23.6 Å². The van der Waals surface area contributed by atoms with Crippen LogP contribution in [0.1, 0.15) is 35.3 Å². The van der Waals surface area contributed by atoms with Crippen LogP contribution >= 0.6 is 11.3 Å². The molecule has 2 heterocycles. The zero-order chi connectivity index (χ0) is 24.2. The maximum Gasteiger partial charge on any atom is 0.257 e. The lowest BCUT2D eigenvalue weighted by molar-refractivity contribution is -0.119. The molecule has 2 N–H and O–H groups in total. The van der Waals surface area contributed by atoms with Gasteiger partial charge in [0.2, 0.25) is 11.7 Å². The van der Waals surface area contributed by atoms with Crippen molar-refractivity contribution >= 4 is 28.3 Å². The van der Waals surface area contributed by atoms with Gasteiger partial charge in [-0.3, -0.25) is 14.9 Å². The molecule has 0 saturated carbocycles. The smallest absolute Gasteiger partial charge is 0.257 e. The molecule has 0 aliphatic carbocycles. The topological polar surface area (TPSA) is 108 Å². The lowest BCUT2D eigenvalue weighted by Gasteiger charge is -2.26. The Bertz CT molecular complexity index is 1200. The van der Waals surface area contributed by atoms with Crippen LogP contribution in [0.3, 0.4) is 0 Å². The number of hydrogen-bond acceptors (Lipinski definition) is 8. The summed E-state index contributed by atoms with van der Waals surface area (Å²) in [4.78, 5) is 29.0. The van der Waals surface area contributed by atoms with Crippen LogP contribution in [0.25, 0.3) is 11.3 Å². The second-order valence-corrected chi connectivity index (χ2v) is 8.41. The quantitative estimate of drug-likeness (QED) is 0.522. The third-order valence-corrected chi connectivity index (χ3v) is 6.13. The van der Waals surface area contributed by atoms with E-state index in [9.17, 15) is 9.59 Å². The number of rotatable bonds is 7. The molecular formula is C24H25N3O6S. The van der Waals surface area contributed by atoms with Gasteiger partial charge in [0.15, 0.2) is 16.6 Å². The number of nitrogens with zero attached hydrogens (tertiary/aromatic N) is 1. The van der Waals surface area contributed by atoms with Crippen LogP contribution in [0.5, 0.6) is 23.0 Å².